The Bertz CT molecular complexity index is 1030. The van der Waals surface area contributed by atoms with Gasteiger partial charge in [0, 0.05) is 63.5 Å². The highest BCUT2D eigenvalue weighted by Crippen LogP contribution is 2.29. The van der Waals surface area contributed by atoms with Crippen LogP contribution in [0.4, 0.5) is 23.3 Å². The molecule has 0 aromatic carbocycles. The molecule has 0 bridgehead atoms. The minimum absolute atomic E-state index is 0.0483. The van der Waals surface area contributed by atoms with E-state index in [1.54, 1.807) is 11.1 Å². The molecule has 1 saturated carbocycles. The standard InChI is InChI=1S/C27H40N8O2/c1-20(2)33-13-15-34(16-14-33)24-10-11-25(29-18-24)31-27-30-17-22(7-6-12-28-21(3)37)26(32-27)35(19-36)23-8-4-5-9-23/h10-11,17-20,23H,4-9,12-16H2,1-3H3,(H,28,37)(H,29,30,31,32). The van der Waals surface area contributed by atoms with Gasteiger partial charge in [-0.1, -0.05) is 12.8 Å². The topological polar surface area (TPSA) is 107 Å². The average molecular weight is 509 g/mol. The number of nitrogens with zero attached hydrogens (tertiary/aromatic N) is 6. The Kier molecular flexibility index (Phi) is 9.27. The summed E-state index contributed by atoms with van der Waals surface area (Å²) >= 11 is 0. The Morgan fingerprint density at radius 1 is 1.14 bits per heavy atom. The summed E-state index contributed by atoms with van der Waals surface area (Å²) in [6, 6.07) is 4.75. The highest BCUT2D eigenvalue weighted by atomic mass is 16.1. The maximum absolute atomic E-state index is 12.1. The number of carbonyl (C=O) groups excluding carboxylic acids is 2. The Hall–Kier alpha value is -3.27. The van der Waals surface area contributed by atoms with Crippen LogP contribution >= 0.6 is 0 Å². The van der Waals surface area contributed by atoms with Crippen molar-refractivity contribution in [2.24, 2.45) is 0 Å². The Morgan fingerprint density at radius 2 is 1.89 bits per heavy atom. The van der Waals surface area contributed by atoms with Gasteiger partial charge in [0.1, 0.15) is 11.6 Å². The molecule has 10 heteroatoms. The molecule has 4 rings (SSSR count). The number of carbonyl (C=O) groups is 2. The van der Waals surface area contributed by atoms with Crippen LogP contribution in [0.3, 0.4) is 0 Å². The van der Waals surface area contributed by atoms with Gasteiger partial charge in [-0.3, -0.25) is 19.4 Å². The predicted octanol–water partition coefficient (Wildman–Crippen LogP) is 3.12. The van der Waals surface area contributed by atoms with E-state index in [4.69, 9.17) is 4.98 Å². The summed E-state index contributed by atoms with van der Waals surface area (Å²) in [6.45, 7) is 10.7. The van der Waals surface area contributed by atoms with Crippen LogP contribution in [0, 0.1) is 0 Å². The van der Waals surface area contributed by atoms with Crippen molar-refractivity contribution >= 4 is 35.6 Å². The molecule has 1 saturated heterocycles. The van der Waals surface area contributed by atoms with Gasteiger partial charge in [-0.05, 0) is 51.7 Å². The Labute approximate surface area is 219 Å². The molecule has 2 amide bonds. The molecule has 3 heterocycles. The smallest absolute Gasteiger partial charge is 0.230 e. The zero-order valence-electron chi connectivity index (χ0n) is 22.3. The van der Waals surface area contributed by atoms with E-state index in [2.05, 4.69) is 50.3 Å². The molecule has 0 spiro atoms. The van der Waals surface area contributed by atoms with Gasteiger partial charge in [0.15, 0.2) is 0 Å². The fourth-order valence-corrected chi connectivity index (χ4v) is 5.15. The predicted molar refractivity (Wildman–Crippen MR) is 146 cm³/mol. The first-order valence-corrected chi connectivity index (χ1v) is 13.5. The number of nitrogens with one attached hydrogen (secondary N) is 2. The number of anilines is 4. The second kappa shape index (κ2) is 12.8. The highest BCUT2D eigenvalue weighted by molar-refractivity contribution is 5.76. The van der Waals surface area contributed by atoms with Gasteiger partial charge in [-0.25, -0.2) is 9.97 Å². The van der Waals surface area contributed by atoms with Gasteiger partial charge in [-0.2, -0.15) is 4.98 Å². The van der Waals surface area contributed by atoms with Gasteiger partial charge in [-0.15, -0.1) is 0 Å². The average Bonchev–Trinajstić information content (AvgIpc) is 3.43. The Balaban J connectivity index is 1.46. The first-order valence-electron chi connectivity index (χ1n) is 13.5. The molecule has 0 unspecified atom stereocenters. The lowest BCUT2D eigenvalue weighted by molar-refractivity contribution is -0.119. The minimum atomic E-state index is -0.0483. The van der Waals surface area contributed by atoms with Crippen LogP contribution in [-0.2, 0) is 16.0 Å². The molecule has 2 fully saturated rings. The quantitative estimate of drug-likeness (QED) is 0.352. The van der Waals surface area contributed by atoms with Crippen molar-refractivity contribution in [3.05, 3.63) is 30.1 Å². The summed E-state index contributed by atoms with van der Waals surface area (Å²) in [5, 5.41) is 6.04. The van der Waals surface area contributed by atoms with Crippen molar-refractivity contribution in [2.75, 3.05) is 47.8 Å². The van der Waals surface area contributed by atoms with Crippen molar-refractivity contribution in [3.8, 4) is 0 Å². The second-order valence-corrected chi connectivity index (χ2v) is 10.2. The number of hydrogen-bond acceptors (Lipinski definition) is 8. The van der Waals surface area contributed by atoms with E-state index in [-0.39, 0.29) is 11.9 Å². The number of rotatable bonds is 11. The number of piperazine rings is 1. The lowest BCUT2D eigenvalue weighted by atomic mass is 10.1. The molecule has 1 aliphatic heterocycles. The van der Waals surface area contributed by atoms with Gasteiger partial charge >= 0.3 is 0 Å². The molecule has 2 aromatic heterocycles. The maximum Gasteiger partial charge on any atom is 0.230 e. The number of hydrogen-bond donors (Lipinski definition) is 2. The molecule has 200 valence electrons. The van der Waals surface area contributed by atoms with E-state index in [9.17, 15) is 9.59 Å². The third-order valence-electron chi connectivity index (χ3n) is 7.31. The molecule has 2 aliphatic rings. The van der Waals surface area contributed by atoms with Crippen LogP contribution in [0.2, 0.25) is 0 Å². The van der Waals surface area contributed by atoms with E-state index < -0.39 is 0 Å². The fourth-order valence-electron chi connectivity index (χ4n) is 5.15. The SMILES string of the molecule is CC(=O)NCCCc1cnc(Nc2ccc(N3CCN(C(C)C)CC3)cn2)nc1N(C=O)C1CCCC1. The molecule has 37 heavy (non-hydrogen) atoms. The molecule has 0 radical (unpaired) electrons. The highest BCUT2D eigenvalue weighted by Gasteiger charge is 2.26. The molecule has 1 aliphatic carbocycles. The summed E-state index contributed by atoms with van der Waals surface area (Å²) in [6.07, 6.45) is 10.2. The van der Waals surface area contributed by atoms with Crippen LogP contribution in [0.15, 0.2) is 24.5 Å². The number of aryl methyl sites for hydroxylation is 1. The van der Waals surface area contributed by atoms with Crippen molar-refractivity contribution in [2.45, 2.75) is 71.4 Å². The molecule has 0 atom stereocenters. The lowest BCUT2D eigenvalue weighted by Gasteiger charge is -2.38. The third-order valence-corrected chi connectivity index (χ3v) is 7.31. The summed E-state index contributed by atoms with van der Waals surface area (Å²) in [4.78, 5) is 43.9. The number of pyridine rings is 1. The monoisotopic (exact) mass is 508 g/mol. The molecule has 2 aromatic rings. The number of amides is 2. The first kappa shape index (κ1) is 26.8. The second-order valence-electron chi connectivity index (χ2n) is 10.2. The van der Waals surface area contributed by atoms with E-state index in [0.717, 1.165) is 75.9 Å². The van der Waals surface area contributed by atoms with E-state index in [0.29, 0.717) is 36.6 Å². The molecule has 10 nitrogen and oxygen atoms in total. The van der Waals surface area contributed by atoms with Crippen LogP contribution in [0.1, 0.15) is 58.4 Å². The van der Waals surface area contributed by atoms with Crippen molar-refractivity contribution < 1.29 is 9.59 Å². The third kappa shape index (κ3) is 7.15. The van der Waals surface area contributed by atoms with Crippen LogP contribution in [0.25, 0.3) is 0 Å². The zero-order valence-corrected chi connectivity index (χ0v) is 22.3. The normalized spacial score (nSPS) is 16.7. The van der Waals surface area contributed by atoms with Crippen LogP contribution in [0.5, 0.6) is 0 Å². The van der Waals surface area contributed by atoms with E-state index in [1.165, 1.54) is 6.92 Å². The Morgan fingerprint density at radius 3 is 2.51 bits per heavy atom. The largest absolute Gasteiger partial charge is 0.368 e. The minimum Gasteiger partial charge on any atom is -0.368 e. The number of aromatic nitrogens is 3. The van der Waals surface area contributed by atoms with Gasteiger partial charge in [0.05, 0.1) is 11.9 Å². The van der Waals surface area contributed by atoms with Gasteiger partial charge in [0.25, 0.3) is 0 Å². The molecule has 2 N–H and O–H groups in total. The zero-order chi connectivity index (χ0) is 26.2. The van der Waals surface area contributed by atoms with Crippen molar-refractivity contribution in [1.82, 2.24) is 25.2 Å². The van der Waals surface area contributed by atoms with Crippen LogP contribution < -0.4 is 20.4 Å². The molecular weight excluding hydrogens is 468 g/mol. The molecular formula is C27H40N8O2. The summed E-state index contributed by atoms with van der Waals surface area (Å²) in [5.74, 6) is 1.67. The first-order chi connectivity index (χ1) is 17.9. The fraction of sp³-hybridized carbons (Fsp3) is 0.593. The summed E-state index contributed by atoms with van der Waals surface area (Å²) in [5.41, 5.74) is 2.01. The van der Waals surface area contributed by atoms with Crippen molar-refractivity contribution in [3.63, 3.8) is 0 Å². The summed E-state index contributed by atoms with van der Waals surface area (Å²) in [7, 11) is 0. The maximum atomic E-state index is 12.1. The summed E-state index contributed by atoms with van der Waals surface area (Å²) < 4.78 is 0. The lowest BCUT2D eigenvalue weighted by Crippen LogP contribution is -2.48. The van der Waals surface area contributed by atoms with E-state index in [1.807, 2.05) is 12.3 Å². The van der Waals surface area contributed by atoms with E-state index >= 15 is 0 Å². The van der Waals surface area contributed by atoms with Gasteiger partial charge < -0.3 is 15.5 Å². The van der Waals surface area contributed by atoms with Crippen molar-refractivity contribution in [1.29, 1.82) is 0 Å². The van der Waals surface area contributed by atoms with Gasteiger partial charge in [0.2, 0.25) is 18.3 Å². The van der Waals surface area contributed by atoms with Crippen LogP contribution in [-0.4, -0.2) is 77.0 Å².